The van der Waals surface area contributed by atoms with Gasteiger partial charge in [-0.2, -0.15) is 0 Å². The normalized spacial score (nSPS) is 14.3. The molecular formula is C19H25NO. The molecule has 2 aromatic carbocycles. The van der Waals surface area contributed by atoms with Gasteiger partial charge in [0.1, 0.15) is 0 Å². The van der Waals surface area contributed by atoms with Gasteiger partial charge in [0.05, 0.1) is 5.54 Å². The minimum atomic E-state index is -0.437. The van der Waals surface area contributed by atoms with E-state index in [4.69, 9.17) is 0 Å². The molecule has 0 aliphatic carbocycles. The van der Waals surface area contributed by atoms with Crippen LogP contribution in [0, 0.1) is 0 Å². The fourth-order valence-electron chi connectivity index (χ4n) is 3.16. The Morgan fingerprint density at radius 2 is 1.62 bits per heavy atom. The fraction of sp³-hybridized carbons (Fsp3) is 0.421. The third-order valence-corrected chi connectivity index (χ3v) is 4.67. The molecule has 0 aliphatic rings. The summed E-state index contributed by atoms with van der Waals surface area (Å²) >= 11 is 0. The van der Waals surface area contributed by atoms with Crippen molar-refractivity contribution in [1.82, 2.24) is 4.90 Å². The number of rotatable bonds is 6. The predicted octanol–water partition coefficient (Wildman–Crippen LogP) is 4.53. The molecule has 112 valence electrons. The third kappa shape index (κ3) is 2.73. The Balaban J connectivity index is 2.55. The molecular weight excluding hydrogens is 258 g/mol. The highest BCUT2D eigenvalue weighted by atomic mass is 16.1. The highest BCUT2D eigenvalue weighted by Gasteiger charge is 2.37. The first-order valence-electron chi connectivity index (χ1n) is 7.86. The fourth-order valence-corrected chi connectivity index (χ4v) is 3.16. The van der Waals surface area contributed by atoms with Crippen LogP contribution in [0.2, 0.25) is 0 Å². The predicted molar refractivity (Wildman–Crippen MR) is 89.9 cm³/mol. The standard InChI is InChI=1S/C19H25NO/c1-5-19(4,20(6-2)7-3)18(21)17-14-10-12-15-11-8-9-13-16(15)17/h8-14H,5-7H2,1-4H3. The number of benzene rings is 2. The molecule has 0 amide bonds. The Hall–Kier alpha value is -1.67. The largest absolute Gasteiger partial charge is 0.292 e. The van der Waals surface area contributed by atoms with Crippen LogP contribution in [0.15, 0.2) is 42.5 Å². The summed E-state index contributed by atoms with van der Waals surface area (Å²) in [7, 11) is 0. The van der Waals surface area contributed by atoms with Crippen LogP contribution in [0.5, 0.6) is 0 Å². The Kier molecular flexibility index (Phi) is 4.79. The van der Waals surface area contributed by atoms with Gasteiger partial charge in [-0.3, -0.25) is 9.69 Å². The lowest BCUT2D eigenvalue weighted by Crippen LogP contribution is -2.51. The SMILES string of the molecule is CCN(CC)C(C)(CC)C(=O)c1cccc2ccccc12. The molecule has 2 heteroatoms. The highest BCUT2D eigenvalue weighted by Crippen LogP contribution is 2.28. The summed E-state index contributed by atoms with van der Waals surface area (Å²) in [5.41, 5.74) is 0.400. The van der Waals surface area contributed by atoms with Crippen LogP contribution in [0.3, 0.4) is 0 Å². The monoisotopic (exact) mass is 283 g/mol. The van der Waals surface area contributed by atoms with E-state index in [2.05, 4.69) is 44.7 Å². The molecule has 0 heterocycles. The number of carbonyl (C=O) groups excluding carboxylic acids is 1. The van der Waals surface area contributed by atoms with Gasteiger partial charge < -0.3 is 0 Å². The smallest absolute Gasteiger partial charge is 0.183 e. The molecule has 0 aromatic heterocycles. The van der Waals surface area contributed by atoms with Crippen molar-refractivity contribution in [3.8, 4) is 0 Å². The first-order chi connectivity index (χ1) is 10.1. The van der Waals surface area contributed by atoms with Gasteiger partial charge in [-0.05, 0) is 37.2 Å². The number of carbonyl (C=O) groups is 1. The van der Waals surface area contributed by atoms with Crippen LogP contribution in [-0.2, 0) is 0 Å². The molecule has 0 saturated heterocycles. The molecule has 0 aliphatic heterocycles. The summed E-state index contributed by atoms with van der Waals surface area (Å²) in [5.74, 6) is 0.227. The van der Waals surface area contributed by atoms with Crippen LogP contribution in [0.25, 0.3) is 10.8 Å². The molecule has 0 N–H and O–H groups in total. The van der Waals surface area contributed by atoms with E-state index >= 15 is 0 Å². The maximum atomic E-state index is 13.2. The van der Waals surface area contributed by atoms with Crippen molar-refractivity contribution < 1.29 is 4.79 Å². The molecule has 2 nitrogen and oxygen atoms in total. The number of likely N-dealkylation sites (N-methyl/N-ethyl adjacent to an activating group) is 1. The number of nitrogens with zero attached hydrogens (tertiary/aromatic N) is 1. The van der Waals surface area contributed by atoms with Gasteiger partial charge in [-0.1, -0.05) is 63.2 Å². The van der Waals surface area contributed by atoms with E-state index < -0.39 is 5.54 Å². The van der Waals surface area contributed by atoms with Crippen LogP contribution in [0.4, 0.5) is 0 Å². The molecule has 0 saturated carbocycles. The maximum Gasteiger partial charge on any atom is 0.183 e. The van der Waals surface area contributed by atoms with E-state index in [1.165, 1.54) is 0 Å². The lowest BCUT2D eigenvalue weighted by molar-refractivity contribution is 0.0609. The van der Waals surface area contributed by atoms with Crippen molar-refractivity contribution in [3.63, 3.8) is 0 Å². The van der Waals surface area contributed by atoms with Crippen molar-refractivity contribution in [2.75, 3.05) is 13.1 Å². The lowest BCUT2D eigenvalue weighted by Gasteiger charge is -2.38. The molecule has 21 heavy (non-hydrogen) atoms. The van der Waals surface area contributed by atoms with Gasteiger partial charge in [0.2, 0.25) is 0 Å². The Morgan fingerprint density at radius 3 is 2.24 bits per heavy atom. The van der Waals surface area contributed by atoms with E-state index in [-0.39, 0.29) is 5.78 Å². The summed E-state index contributed by atoms with van der Waals surface area (Å²) in [6, 6.07) is 14.1. The zero-order valence-electron chi connectivity index (χ0n) is 13.5. The van der Waals surface area contributed by atoms with Crippen molar-refractivity contribution in [2.45, 2.75) is 39.7 Å². The van der Waals surface area contributed by atoms with Crippen molar-refractivity contribution >= 4 is 16.6 Å². The molecule has 0 fully saturated rings. The topological polar surface area (TPSA) is 20.3 Å². The van der Waals surface area contributed by atoms with E-state index in [1.807, 2.05) is 30.3 Å². The summed E-state index contributed by atoms with van der Waals surface area (Å²) in [5, 5.41) is 2.18. The first-order valence-corrected chi connectivity index (χ1v) is 7.86. The molecule has 2 rings (SSSR count). The van der Waals surface area contributed by atoms with Crippen molar-refractivity contribution in [1.29, 1.82) is 0 Å². The lowest BCUT2D eigenvalue weighted by atomic mass is 9.85. The number of hydrogen-bond acceptors (Lipinski definition) is 2. The summed E-state index contributed by atoms with van der Waals surface area (Å²) in [6.07, 6.45) is 0.816. The van der Waals surface area contributed by atoms with Gasteiger partial charge >= 0.3 is 0 Å². The number of hydrogen-bond donors (Lipinski definition) is 0. The van der Waals surface area contributed by atoms with E-state index in [0.29, 0.717) is 0 Å². The summed E-state index contributed by atoms with van der Waals surface area (Å²) in [6.45, 7) is 10.2. The van der Waals surface area contributed by atoms with E-state index in [0.717, 1.165) is 35.8 Å². The number of fused-ring (bicyclic) bond motifs is 1. The van der Waals surface area contributed by atoms with Crippen LogP contribution >= 0.6 is 0 Å². The van der Waals surface area contributed by atoms with Gasteiger partial charge in [-0.15, -0.1) is 0 Å². The molecule has 1 atom stereocenters. The second kappa shape index (κ2) is 6.40. The van der Waals surface area contributed by atoms with Crippen LogP contribution in [-0.4, -0.2) is 29.3 Å². The third-order valence-electron chi connectivity index (χ3n) is 4.67. The maximum absolute atomic E-state index is 13.2. The van der Waals surface area contributed by atoms with Gasteiger partial charge in [0.25, 0.3) is 0 Å². The van der Waals surface area contributed by atoms with Crippen LogP contribution in [0.1, 0.15) is 44.5 Å². The zero-order chi connectivity index (χ0) is 15.5. The molecule has 0 bridgehead atoms. The molecule has 0 spiro atoms. The van der Waals surface area contributed by atoms with Gasteiger partial charge in [-0.25, -0.2) is 0 Å². The van der Waals surface area contributed by atoms with Crippen molar-refractivity contribution in [3.05, 3.63) is 48.0 Å². The minimum absolute atomic E-state index is 0.227. The van der Waals surface area contributed by atoms with Gasteiger partial charge in [0, 0.05) is 5.56 Å². The number of Topliss-reactive ketones (excluding diaryl/α,β-unsaturated/α-hetero) is 1. The van der Waals surface area contributed by atoms with E-state index in [9.17, 15) is 4.79 Å². The average Bonchev–Trinajstić information content (AvgIpc) is 2.54. The highest BCUT2D eigenvalue weighted by molar-refractivity contribution is 6.12. The Morgan fingerprint density at radius 1 is 1.00 bits per heavy atom. The summed E-state index contributed by atoms with van der Waals surface area (Å²) in [4.78, 5) is 15.5. The Bertz CT molecular complexity index is 625. The first kappa shape index (κ1) is 15.7. The Labute approximate surface area is 127 Å². The average molecular weight is 283 g/mol. The minimum Gasteiger partial charge on any atom is -0.292 e. The molecule has 1 unspecified atom stereocenters. The quantitative estimate of drug-likeness (QED) is 0.726. The second-order valence-electron chi connectivity index (χ2n) is 5.66. The zero-order valence-corrected chi connectivity index (χ0v) is 13.5. The van der Waals surface area contributed by atoms with E-state index in [1.54, 1.807) is 0 Å². The van der Waals surface area contributed by atoms with Gasteiger partial charge in [0.15, 0.2) is 5.78 Å². The molecule has 0 radical (unpaired) electrons. The second-order valence-corrected chi connectivity index (χ2v) is 5.66. The summed E-state index contributed by atoms with van der Waals surface area (Å²) < 4.78 is 0. The number of ketones is 1. The molecule has 2 aromatic rings. The van der Waals surface area contributed by atoms with Crippen LogP contribution < -0.4 is 0 Å². The van der Waals surface area contributed by atoms with Crippen molar-refractivity contribution in [2.24, 2.45) is 0 Å².